The van der Waals surface area contributed by atoms with Crippen LogP contribution in [0.1, 0.15) is 22.8 Å². The molecule has 110 valence electrons. The van der Waals surface area contributed by atoms with Crippen LogP contribution < -0.4 is 10.2 Å². The molecule has 1 aromatic heterocycles. The second kappa shape index (κ2) is 4.54. The van der Waals surface area contributed by atoms with Gasteiger partial charge in [0.25, 0.3) is 0 Å². The molecular formula is C14H11F2NO4. The molecule has 2 atom stereocenters. The minimum absolute atomic E-state index is 0.00718. The van der Waals surface area contributed by atoms with Gasteiger partial charge in [-0.2, -0.15) is 0 Å². The van der Waals surface area contributed by atoms with Crippen LogP contribution in [-0.2, 0) is 0 Å². The molecule has 2 aromatic rings. The van der Waals surface area contributed by atoms with Gasteiger partial charge in [-0.3, -0.25) is 4.79 Å². The van der Waals surface area contributed by atoms with E-state index in [0.29, 0.717) is 0 Å². The lowest BCUT2D eigenvalue weighted by atomic mass is 10.1. The summed E-state index contributed by atoms with van der Waals surface area (Å²) in [6.07, 6.45) is 0.0981. The fourth-order valence-corrected chi connectivity index (χ4v) is 2.44. The lowest BCUT2D eigenvalue weighted by Gasteiger charge is -2.14. The summed E-state index contributed by atoms with van der Waals surface area (Å²) in [5.41, 5.74) is -1.14. The molecule has 1 fully saturated rings. The maximum absolute atomic E-state index is 13.8. The first-order valence-electron chi connectivity index (χ1n) is 6.24. The average molecular weight is 295 g/mol. The number of fused-ring (bicyclic) bond motifs is 1. The van der Waals surface area contributed by atoms with E-state index in [-0.39, 0.29) is 23.1 Å². The molecule has 1 aromatic carbocycles. The standard InChI is InChI=1S/C14H11F2NO4/c1-21-13-8(15)3-2-6-11(13)17(10-4-9(10)16)5-7(12(6)18)14(19)20/h2-3,5,9-10H,4H2,1H3,(H,19,20)/t9-,10?/m0/s1. The van der Waals surface area contributed by atoms with Gasteiger partial charge in [-0.25, -0.2) is 13.6 Å². The highest BCUT2D eigenvalue weighted by Gasteiger charge is 2.40. The minimum atomic E-state index is -1.41. The first-order valence-corrected chi connectivity index (χ1v) is 6.24. The van der Waals surface area contributed by atoms with Crippen molar-refractivity contribution in [3.63, 3.8) is 0 Å². The number of hydrogen-bond donors (Lipinski definition) is 1. The van der Waals surface area contributed by atoms with Crippen LogP contribution in [-0.4, -0.2) is 28.9 Å². The van der Waals surface area contributed by atoms with Gasteiger partial charge in [-0.15, -0.1) is 0 Å². The molecule has 0 radical (unpaired) electrons. The maximum atomic E-state index is 13.8. The van der Waals surface area contributed by atoms with Crippen molar-refractivity contribution in [1.82, 2.24) is 4.57 Å². The van der Waals surface area contributed by atoms with Crippen molar-refractivity contribution in [1.29, 1.82) is 0 Å². The first-order chi connectivity index (χ1) is 9.95. The Kier molecular flexibility index (Phi) is 2.93. The number of carbonyl (C=O) groups is 1. The molecule has 1 heterocycles. The zero-order valence-corrected chi connectivity index (χ0v) is 11.0. The SMILES string of the molecule is COc1c(F)ccc2c(=O)c(C(=O)O)cn(C3C[C@@H]3F)c12. The third-order valence-corrected chi connectivity index (χ3v) is 3.57. The summed E-state index contributed by atoms with van der Waals surface area (Å²) in [7, 11) is 1.23. The summed E-state index contributed by atoms with van der Waals surface area (Å²) in [6.45, 7) is 0. The van der Waals surface area contributed by atoms with Crippen LogP contribution in [0.3, 0.4) is 0 Å². The van der Waals surface area contributed by atoms with E-state index in [0.717, 1.165) is 12.3 Å². The molecule has 5 nitrogen and oxygen atoms in total. The summed E-state index contributed by atoms with van der Waals surface area (Å²) < 4.78 is 33.4. The van der Waals surface area contributed by atoms with E-state index < -0.39 is 35.0 Å². The number of nitrogens with zero attached hydrogens (tertiary/aromatic N) is 1. The average Bonchev–Trinajstić information content (AvgIpc) is 3.15. The Hall–Kier alpha value is -2.44. The first kappa shape index (κ1) is 13.5. The molecule has 0 amide bonds. The normalized spacial score (nSPS) is 20.5. The number of benzene rings is 1. The highest BCUT2D eigenvalue weighted by atomic mass is 19.1. The van der Waals surface area contributed by atoms with Gasteiger partial charge in [0.15, 0.2) is 11.6 Å². The van der Waals surface area contributed by atoms with E-state index >= 15 is 0 Å². The number of hydrogen-bond acceptors (Lipinski definition) is 3. The lowest BCUT2D eigenvalue weighted by Crippen LogP contribution is -2.19. The Labute approximate surface area is 117 Å². The fraction of sp³-hybridized carbons (Fsp3) is 0.286. The molecule has 0 saturated heterocycles. The predicted octanol–water partition coefficient (Wildman–Crippen LogP) is 2.13. The monoisotopic (exact) mass is 295 g/mol. The molecule has 1 unspecified atom stereocenters. The third kappa shape index (κ3) is 1.96. The van der Waals surface area contributed by atoms with Crippen LogP contribution in [0.15, 0.2) is 23.1 Å². The van der Waals surface area contributed by atoms with Crippen molar-refractivity contribution >= 4 is 16.9 Å². The van der Waals surface area contributed by atoms with Crippen LogP contribution in [0.2, 0.25) is 0 Å². The van der Waals surface area contributed by atoms with Crippen LogP contribution in [0.5, 0.6) is 5.75 Å². The number of aromatic nitrogens is 1. The van der Waals surface area contributed by atoms with Crippen molar-refractivity contribution < 1.29 is 23.4 Å². The van der Waals surface area contributed by atoms with E-state index in [2.05, 4.69) is 0 Å². The lowest BCUT2D eigenvalue weighted by molar-refractivity contribution is 0.0694. The molecule has 0 aliphatic heterocycles. The Bertz CT molecular complexity index is 815. The second-order valence-corrected chi connectivity index (χ2v) is 4.88. The Morgan fingerprint density at radius 2 is 2.14 bits per heavy atom. The molecule has 21 heavy (non-hydrogen) atoms. The molecule has 1 aliphatic rings. The number of aromatic carboxylic acids is 1. The molecule has 0 spiro atoms. The summed E-state index contributed by atoms with van der Waals surface area (Å²) in [5.74, 6) is -2.30. The van der Waals surface area contributed by atoms with Crippen LogP contribution in [0.4, 0.5) is 8.78 Å². The largest absolute Gasteiger partial charge is 0.492 e. The number of halogens is 2. The van der Waals surface area contributed by atoms with Gasteiger partial charge in [0.05, 0.1) is 24.1 Å². The molecular weight excluding hydrogens is 284 g/mol. The molecule has 3 rings (SSSR count). The van der Waals surface area contributed by atoms with Gasteiger partial charge in [-0.05, 0) is 12.1 Å². The smallest absolute Gasteiger partial charge is 0.341 e. The third-order valence-electron chi connectivity index (χ3n) is 3.57. The van der Waals surface area contributed by atoms with Gasteiger partial charge < -0.3 is 14.4 Å². The summed E-state index contributed by atoms with van der Waals surface area (Å²) in [6, 6.07) is 1.61. The van der Waals surface area contributed by atoms with Crippen molar-refractivity contribution in [2.24, 2.45) is 0 Å². The Balaban J connectivity index is 2.46. The van der Waals surface area contributed by atoms with E-state index in [9.17, 15) is 18.4 Å². The summed E-state index contributed by atoms with van der Waals surface area (Å²) in [4.78, 5) is 23.3. The maximum Gasteiger partial charge on any atom is 0.341 e. The Morgan fingerprint density at radius 1 is 1.48 bits per heavy atom. The van der Waals surface area contributed by atoms with Gasteiger partial charge in [0.2, 0.25) is 5.43 Å². The second-order valence-electron chi connectivity index (χ2n) is 4.88. The summed E-state index contributed by atoms with van der Waals surface area (Å²) >= 11 is 0. The fourth-order valence-electron chi connectivity index (χ4n) is 2.44. The molecule has 1 N–H and O–H groups in total. The quantitative estimate of drug-likeness (QED) is 0.942. The molecule has 1 aliphatic carbocycles. The van der Waals surface area contributed by atoms with Crippen molar-refractivity contribution in [3.8, 4) is 5.75 Å². The topological polar surface area (TPSA) is 68.5 Å². The van der Waals surface area contributed by atoms with Crippen LogP contribution in [0, 0.1) is 5.82 Å². The zero-order chi connectivity index (χ0) is 15.3. The number of carboxylic acid groups (broad SMARTS) is 1. The van der Waals surface area contributed by atoms with E-state index in [1.807, 2.05) is 0 Å². The molecule has 1 saturated carbocycles. The van der Waals surface area contributed by atoms with Crippen molar-refractivity contribution in [2.45, 2.75) is 18.6 Å². The zero-order valence-electron chi connectivity index (χ0n) is 11.0. The molecule has 7 heteroatoms. The highest BCUT2D eigenvalue weighted by molar-refractivity contribution is 5.94. The van der Waals surface area contributed by atoms with E-state index in [1.54, 1.807) is 0 Å². The summed E-state index contributed by atoms with van der Waals surface area (Å²) in [5, 5.41) is 9.08. The number of rotatable bonds is 3. The predicted molar refractivity (Wildman–Crippen MR) is 70.2 cm³/mol. The number of ether oxygens (including phenoxy) is 1. The van der Waals surface area contributed by atoms with Gasteiger partial charge >= 0.3 is 5.97 Å². The number of pyridine rings is 1. The Morgan fingerprint density at radius 3 is 2.67 bits per heavy atom. The highest BCUT2D eigenvalue weighted by Crippen LogP contribution is 2.42. The van der Waals surface area contributed by atoms with E-state index in [4.69, 9.17) is 9.84 Å². The van der Waals surface area contributed by atoms with Crippen molar-refractivity contribution in [3.05, 3.63) is 39.9 Å². The number of carboxylic acids is 1. The van der Waals surface area contributed by atoms with E-state index in [1.165, 1.54) is 17.7 Å². The van der Waals surface area contributed by atoms with Gasteiger partial charge in [0.1, 0.15) is 11.7 Å². The van der Waals surface area contributed by atoms with Crippen LogP contribution >= 0.6 is 0 Å². The van der Waals surface area contributed by atoms with Gasteiger partial charge in [-0.1, -0.05) is 0 Å². The molecule has 0 bridgehead atoms. The minimum Gasteiger partial charge on any atom is -0.492 e. The number of alkyl halides is 1. The van der Waals surface area contributed by atoms with Gasteiger partial charge in [0, 0.05) is 12.6 Å². The van der Waals surface area contributed by atoms with Crippen molar-refractivity contribution in [2.75, 3.05) is 7.11 Å². The number of methoxy groups -OCH3 is 1. The van der Waals surface area contributed by atoms with Crippen LogP contribution in [0.25, 0.3) is 10.9 Å².